The topological polar surface area (TPSA) is 49.3 Å². The molecule has 0 aliphatic rings. The van der Waals surface area contributed by atoms with Crippen LogP contribution in [-0.4, -0.2) is 16.9 Å². The lowest BCUT2D eigenvalue weighted by Gasteiger charge is -2.21. The molecule has 1 aromatic carbocycles. The monoisotopic (exact) mass is 241 g/mol. The molecule has 0 aromatic heterocycles. The zero-order chi connectivity index (χ0) is 12.3. The lowest BCUT2D eigenvalue weighted by atomic mass is 9.86. The highest BCUT2D eigenvalue weighted by Gasteiger charge is 2.18. The van der Waals surface area contributed by atoms with Crippen LogP contribution in [0, 0.1) is 0 Å². The lowest BCUT2D eigenvalue weighted by molar-refractivity contribution is -0.113. The van der Waals surface area contributed by atoms with Crippen molar-refractivity contribution in [2.75, 3.05) is 11.2 Å². The maximum atomic E-state index is 11.1. The lowest BCUT2D eigenvalue weighted by Crippen LogP contribution is -2.15. The van der Waals surface area contributed by atoms with Crippen molar-refractivity contribution in [2.24, 2.45) is 0 Å². The summed E-state index contributed by atoms with van der Waals surface area (Å²) in [5.41, 5.74) is 1.26. The van der Waals surface area contributed by atoms with Gasteiger partial charge < -0.3 is 10.4 Å². The van der Waals surface area contributed by atoms with Crippen LogP contribution in [-0.2, 0) is 10.2 Å². The van der Waals surface area contributed by atoms with Crippen molar-refractivity contribution in [3.8, 4) is 5.75 Å². The zero-order valence-corrected chi connectivity index (χ0v) is 10.4. The maximum Gasteiger partial charge on any atom is 0.239 e. The van der Waals surface area contributed by atoms with E-state index >= 15 is 0 Å². The first kappa shape index (κ1) is 12.8. The number of benzene rings is 1. The molecular formula is C12H16ClNO2. The van der Waals surface area contributed by atoms with Gasteiger partial charge in [-0.05, 0) is 23.6 Å². The third kappa shape index (κ3) is 3.14. The second-order valence-corrected chi connectivity index (χ2v) is 4.93. The standard InChI is InChI=1S/C12H16ClNO2/c1-12(2,3)9-6-8(4-5-10(9)15)14-11(16)7-13/h4-6,15H,7H2,1-3H3,(H,14,16). The third-order valence-corrected chi connectivity index (χ3v) is 2.45. The molecule has 88 valence electrons. The van der Waals surface area contributed by atoms with Crippen LogP contribution in [0.2, 0.25) is 0 Å². The molecule has 0 unspecified atom stereocenters. The first-order valence-corrected chi connectivity index (χ1v) is 5.57. The molecule has 1 aromatic rings. The Kier molecular flexibility index (Phi) is 3.81. The number of halogens is 1. The van der Waals surface area contributed by atoms with E-state index in [1.165, 1.54) is 0 Å². The molecule has 3 nitrogen and oxygen atoms in total. The van der Waals surface area contributed by atoms with E-state index < -0.39 is 0 Å². The van der Waals surface area contributed by atoms with Gasteiger partial charge in [0.1, 0.15) is 11.6 Å². The summed E-state index contributed by atoms with van der Waals surface area (Å²) in [7, 11) is 0. The predicted octanol–water partition coefficient (Wildman–Crippen LogP) is 2.87. The Morgan fingerprint density at radius 1 is 1.44 bits per heavy atom. The molecule has 0 radical (unpaired) electrons. The average molecular weight is 242 g/mol. The van der Waals surface area contributed by atoms with Crippen molar-refractivity contribution in [2.45, 2.75) is 26.2 Å². The second kappa shape index (κ2) is 4.74. The van der Waals surface area contributed by atoms with E-state index in [2.05, 4.69) is 5.32 Å². The van der Waals surface area contributed by atoms with Crippen LogP contribution >= 0.6 is 11.6 Å². The van der Waals surface area contributed by atoms with Gasteiger partial charge >= 0.3 is 0 Å². The Balaban J connectivity index is 3.03. The van der Waals surface area contributed by atoms with Gasteiger partial charge in [-0.25, -0.2) is 0 Å². The zero-order valence-electron chi connectivity index (χ0n) is 9.67. The summed E-state index contributed by atoms with van der Waals surface area (Å²) >= 11 is 5.40. The number of phenols is 1. The van der Waals surface area contributed by atoms with Crippen LogP contribution < -0.4 is 5.32 Å². The summed E-state index contributed by atoms with van der Waals surface area (Å²) in [5.74, 6) is -0.102. The first-order chi connectivity index (χ1) is 7.34. The number of hydrogen-bond donors (Lipinski definition) is 2. The highest BCUT2D eigenvalue weighted by molar-refractivity contribution is 6.29. The number of phenolic OH excluding ortho intramolecular Hbond substituents is 1. The minimum absolute atomic E-state index is 0.0777. The largest absolute Gasteiger partial charge is 0.508 e. The summed E-state index contributed by atoms with van der Waals surface area (Å²) in [6.45, 7) is 5.99. The van der Waals surface area contributed by atoms with E-state index in [0.29, 0.717) is 5.69 Å². The normalized spacial score (nSPS) is 11.2. The molecule has 0 fully saturated rings. The fraction of sp³-hybridized carbons (Fsp3) is 0.417. The number of carbonyl (C=O) groups excluding carboxylic acids is 1. The van der Waals surface area contributed by atoms with Crippen molar-refractivity contribution < 1.29 is 9.90 Å². The second-order valence-electron chi connectivity index (χ2n) is 4.66. The number of aromatic hydroxyl groups is 1. The molecule has 0 spiro atoms. The van der Waals surface area contributed by atoms with Gasteiger partial charge in [-0.2, -0.15) is 0 Å². The van der Waals surface area contributed by atoms with Gasteiger partial charge in [0.05, 0.1) is 0 Å². The van der Waals surface area contributed by atoms with E-state index in [1.54, 1.807) is 18.2 Å². The van der Waals surface area contributed by atoms with Crippen LogP contribution in [0.5, 0.6) is 5.75 Å². The number of anilines is 1. The molecule has 0 aliphatic heterocycles. The smallest absolute Gasteiger partial charge is 0.239 e. The van der Waals surface area contributed by atoms with Crippen molar-refractivity contribution >= 4 is 23.2 Å². The van der Waals surface area contributed by atoms with Crippen LogP contribution in [0.4, 0.5) is 5.69 Å². The Morgan fingerprint density at radius 2 is 2.06 bits per heavy atom. The molecule has 0 bridgehead atoms. The molecule has 0 heterocycles. The molecule has 0 saturated heterocycles. The van der Waals surface area contributed by atoms with Gasteiger partial charge in [0.15, 0.2) is 0 Å². The van der Waals surface area contributed by atoms with Crippen molar-refractivity contribution in [1.82, 2.24) is 0 Å². The van der Waals surface area contributed by atoms with Gasteiger partial charge in [-0.1, -0.05) is 20.8 Å². The summed E-state index contributed by atoms with van der Waals surface area (Å²) < 4.78 is 0. The summed E-state index contributed by atoms with van der Waals surface area (Å²) in [6.07, 6.45) is 0. The van der Waals surface area contributed by atoms with Crippen molar-refractivity contribution in [3.05, 3.63) is 23.8 Å². The number of carbonyl (C=O) groups is 1. The highest BCUT2D eigenvalue weighted by atomic mass is 35.5. The van der Waals surface area contributed by atoms with Crippen LogP contribution in [0.25, 0.3) is 0 Å². The van der Waals surface area contributed by atoms with Crippen molar-refractivity contribution in [3.63, 3.8) is 0 Å². The summed E-state index contributed by atoms with van der Waals surface area (Å²) in [6, 6.07) is 4.99. The van der Waals surface area contributed by atoms with Gasteiger partial charge in [0.2, 0.25) is 5.91 Å². The molecule has 16 heavy (non-hydrogen) atoms. The van der Waals surface area contributed by atoms with E-state index in [4.69, 9.17) is 11.6 Å². The Morgan fingerprint density at radius 3 is 2.56 bits per heavy atom. The first-order valence-electron chi connectivity index (χ1n) is 5.04. The summed E-state index contributed by atoms with van der Waals surface area (Å²) in [4.78, 5) is 11.1. The molecule has 4 heteroatoms. The molecule has 0 saturated carbocycles. The SMILES string of the molecule is CC(C)(C)c1cc(NC(=O)CCl)ccc1O. The highest BCUT2D eigenvalue weighted by Crippen LogP contribution is 2.32. The van der Waals surface area contributed by atoms with E-state index in [0.717, 1.165) is 5.56 Å². The molecule has 1 amide bonds. The number of alkyl halides is 1. The Labute approximate surface area is 100 Å². The fourth-order valence-electron chi connectivity index (χ4n) is 1.41. The minimum Gasteiger partial charge on any atom is -0.508 e. The van der Waals surface area contributed by atoms with Crippen molar-refractivity contribution in [1.29, 1.82) is 0 Å². The number of nitrogens with one attached hydrogen (secondary N) is 1. The minimum atomic E-state index is -0.257. The van der Waals surface area contributed by atoms with Crippen LogP contribution in [0.3, 0.4) is 0 Å². The summed E-state index contributed by atoms with van der Waals surface area (Å²) in [5, 5.41) is 12.4. The van der Waals surface area contributed by atoms with Gasteiger partial charge in [0, 0.05) is 11.3 Å². The molecule has 2 N–H and O–H groups in total. The van der Waals surface area contributed by atoms with E-state index in [-0.39, 0.29) is 23.0 Å². The fourth-order valence-corrected chi connectivity index (χ4v) is 1.48. The molecule has 0 aliphatic carbocycles. The van der Waals surface area contributed by atoms with Gasteiger partial charge in [-0.3, -0.25) is 4.79 Å². The number of rotatable bonds is 2. The molecular weight excluding hydrogens is 226 g/mol. The predicted molar refractivity (Wildman–Crippen MR) is 66.2 cm³/mol. The molecule has 1 rings (SSSR count). The van der Waals surface area contributed by atoms with Crippen LogP contribution in [0.1, 0.15) is 26.3 Å². The Hall–Kier alpha value is -1.22. The quantitative estimate of drug-likeness (QED) is 0.618. The number of hydrogen-bond acceptors (Lipinski definition) is 2. The van der Waals surface area contributed by atoms with E-state index in [9.17, 15) is 9.90 Å². The number of amides is 1. The Bertz CT molecular complexity index is 396. The van der Waals surface area contributed by atoms with Crippen LogP contribution in [0.15, 0.2) is 18.2 Å². The maximum absolute atomic E-state index is 11.1. The average Bonchev–Trinajstić information content (AvgIpc) is 2.19. The van der Waals surface area contributed by atoms with E-state index in [1.807, 2.05) is 20.8 Å². The van der Waals surface area contributed by atoms with Gasteiger partial charge in [0.25, 0.3) is 0 Å². The van der Waals surface area contributed by atoms with Gasteiger partial charge in [-0.15, -0.1) is 11.6 Å². The molecule has 0 atom stereocenters. The third-order valence-electron chi connectivity index (χ3n) is 2.21.